The Bertz CT molecular complexity index is 592. The van der Waals surface area contributed by atoms with Crippen LogP contribution in [-0.4, -0.2) is 24.5 Å². The molecule has 2 rings (SSSR count). The van der Waals surface area contributed by atoms with Gasteiger partial charge >= 0.3 is 5.97 Å². The first kappa shape index (κ1) is 11.4. The second-order valence-corrected chi connectivity index (χ2v) is 3.68. The lowest BCUT2D eigenvalue weighted by molar-refractivity contribution is -0.119. The highest BCUT2D eigenvalue weighted by molar-refractivity contribution is 5.89. The van der Waals surface area contributed by atoms with Gasteiger partial charge in [-0.05, 0) is 32.0 Å². The Morgan fingerprint density at radius 1 is 1.41 bits per heavy atom. The van der Waals surface area contributed by atoms with Gasteiger partial charge in [0.1, 0.15) is 6.04 Å². The van der Waals surface area contributed by atoms with Gasteiger partial charge in [-0.1, -0.05) is 0 Å². The molecule has 0 unspecified atom stereocenters. The fourth-order valence-corrected chi connectivity index (χ4v) is 1.54. The van der Waals surface area contributed by atoms with Crippen LogP contribution >= 0.6 is 0 Å². The van der Waals surface area contributed by atoms with Crippen LogP contribution in [0.15, 0.2) is 28.2 Å². The molecule has 0 aromatic heterocycles. The van der Waals surface area contributed by atoms with E-state index in [0.717, 1.165) is 0 Å². The lowest BCUT2D eigenvalue weighted by Crippen LogP contribution is -2.36. The van der Waals surface area contributed by atoms with Crippen LogP contribution in [0.25, 0.3) is 0 Å². The summed E-state index contributed by atoms with van der Waals surface area (Å²) < 4.78 is 4.87. The van der Waals surface area contributed by atoms with Crippen LogP contribution in [0.2, 0.25) is 0 Å². The summed E-state index contributed by atoms with van der Waals surface area (Å²) in [7, 11) is 0. The fourth-order valence-electron chi connectivity index (χ4n) is 1.54. The van der Waals surface area contributed by atoms with E-state index in [2.05, 4.69) is 9.98 Å². The van der Waals surface area contributed by atoms with E-state index in [9.17, 15) is 9.59 Å². The first-order chi connectivity index (χ1) is 8.11. The zero-order valence-corrected chi connectivity index (χ0v) is 9.64. The molecule has 0 N–H and O–H groups in total. The summed E-state index contributed by atoms with van der Waals surface area (Å²) in [4.78, 5) is 31.0. The van der Waals surface area contributed by atoms with Crippen molar-refractivity contribution in [3.63, 3.8) is 0 Å². The molecule has 1 amide bonds. The van der Waals surface area contributed by atoms with Crippen LogP contribution in [-0.2, 0) is 9.53 Å². The second-order valence-electron chi connectivity index (χ2n) is 3.68. The van der Waals surface area contributed by atoms with E-state index in [1.54, 1.807) is 26.0 Å². The largest absolute Gasteiger partial charge is 0.462 e. The highest BCUT2D eigenvalue weighted by Gasteiger charge is 2.15. The Morgan fingerprint density at radius 2 is 2.18 bits per heavy atom. The zero-order chi connectivity index (χ0) is 12.4. The first-order valence-electron chi connectivity index (χ1n) is 5.39. The van der Waals surface area contributed by atoms with E-state index < -0.39 is 12.0 Å². The molecule has 5 nitrogen and oxygen atoms in total. The minimum Gasteiger partial charge on any atom is -0.462 e. The molecule has 1 aromatic rings. The summed E-state index contributed by atoms with van der Waals surface area (Å²) in [6.45, 7) is 3.74. The molecule has 17 heavy (non-hydrogen) atoms. The average Bonchev–Trinajstić information content (AvgIpc) is 2.30. The second kappa shape index (κ2) is 4.45. The molecule has 0 saturated heterocycles. The van der Waals surface area contributed by atoms with Crippen LogP contribution in [0.4, 0.5) is 0 Å². The number of carbonyl (C=O) groups is 2. The Labute approximate surface area is 97.8 Å². The molecule has 1 atom stereocenters. The maximum Gasteiger partial charge on any atom is 0.338 e. The summed E-state index contributed by atoms with van der Waals surface area (Å²) in [6, 6.07) is 4.38. The van der Waals surface area contributed by atoms with E-state index in [1.165, 1.54) is 6.07 Å². The molecule has 0 saturated carbocycles. The normalized spacial score (nSPS) is 17.8. The zero-order valence-electron chi connectivity index (χ0n) is 9.64. The molecular weight excluding hydrogens is 220 g/mol. The lowest BCUT2D eigenvalue weighted by Gasteiger charge is -2.06. The molecule has 1 aliphatic heterocycles. The van der Waals surface area contributed by atoms with E-state index >= 15 is 0 Å². The summed E-state index contributed by atoms with van der Waals surface area (Å²) >= 11 is 0. The molecule has 0 bridgehead atoms. The molecular formula is C12H12N2O3. The Morgan fingerprint density at radius 3 is 2.88 bits per heavy atom. The molecule has 0 radical (unpaired) electrons. The van der Waals surface area contributed by atoms with Gasteiger partial charge in [0, 0.05) is 0 Å². The minimum atomic E-state index is -0.448. The van der Waals surface area contributed by atoms with Gasteiger partial charge in [0.15, 0.2) is 0 Å². The number of benzene rings is 1. The Hall–Kier alpha value is -2.04. The summed E-state index contributed by atoms with van der Waals surface area (Å²) in [5, 5.41) is 1.06. The number of esters is 1. The van der Waals surface area contributed by atoms with Gasteiger partial charge in [0.2, 0.25) is 0 Å². The molecule has 88 valence electrons. The third-order valence-electron chi connectivity index (χ3n) is 2.41. The number of hydrogen-bond donors (Lipinski definition) is 0. The van der Waals surface area contributed by atoms with Gasteiger partial charge in [0.05, 0.1) is 22.9 Å². The third kappa shape index (κ3) is 2.22. The van der Waals surface area contributed by atoms with Gasteiger partial charge in [-0.2, -0.15) is 0 Å². The van der Waals surface area contributed by atoms with Crippen molar-refractivity contribution in [2.45, 2.75) is 19.9 Å². The van der Waals surface area contributed by atoms with Crippen LogP contribution in [0.1, 0.15) is 24.2 Å². The quantitative estimate of drug-likeness (QED) is 0.676. The van der Waals surface area contributed by atoms with Crippen molar-refractivity contribution >= 4 is 11.9 Å². The van der Waals surface area contributed by atoms with Crippen LogP contribution in [0.5, 0.6) is 0 Å². The summed E-state index contributed by atoms with van der Waals surface area (Å²) in [5.74, 6) is -0.713. The van der Waals surface area contributed by atoms with Crippen molar-refractivity contribution in [1.29, 1.82) is 0 Å². The SMILES string of the molecule is CCOC(=O)c1ccc2c(c1)=NC(=O)[C@@H](C)N=2. The summed E-state index contributed by atoms with van der Waals surface area (Å²) in [6.07, 6.45) is 0. The number of carbonyl (C=O) groups excluding carboxylic acids is 2. The molecule has 1 aliphatic rings. The number of fused-ring (bicyclic) bond motifs is 1. The van der Waals surface area contributed by atoms with Crippen LogP contribution in [0.3, 0.4) is 0 Å². The van der Waals surface area contributed by atoms with Gasteiger partial charge in [-0.25, -0.2) is 9.79 Å². The molecule has 5 heteroatoms. The van der Waals surface area contributed by atoms with Gasteiger partial charge in [0.25, 0.3) is 5.91 Å². The smallest absolute Gasteiger partial charge is 0.338 e. The molecule has 1 aromatic carbocycles. The van der Waals surface area contributed by atoms with Crippen molar-refractivity contribution in [3.05, 3.63) is 34.5 Å². The third-order valence-corrected chi connectivity index (χ3v) is 2.41. The number of amides is 1. The summed E-state index contributed by atoms with van der Waals surface area (Å²) in [5.41, 5.74) is 0.381. The Kier molecular flexibility index (Phi) is 2.99. The maximum absolute atomic E-state index is 11.5. The van der Waals surface area contributed by atoms with Crippen molar-refractivity contribution < 1.29 is 14.3 Å². The van der Waals surface area contributed by atoms with E-state index in [4.69, 9.17) is 4.74 Å². The van der Waals surface area contributed by atoms with E-state index in [-0.39, 0.29) is 5.91 Å². The lowest BCUT2D eigenvalue weighted by atomic mass is 10.2. The fraction of sp³-hybridized carbons (Fsp3) is 0.333. The highest BCUT2D eigenvalue weighted by atomic mass is 16.5. The maximum atomic E-state index is 11.5. The van der Waals surface area contributed by atoms with E-state index in [0.29, 0.717) is 22.9 Å². The standard InChI is InChI=1S/C12H12N2O3/c1-3-17-12(16)8-4-5-9-10(6-8)14-11(15)7(2)13-9/h4-7H,3H2,1-2H3/t7-/m1/s1. The van der Waals surface area contributed by atoms with Crippen LogP contribution < -0.4 is 10.7 Å². The van der Waals surface area contributed by atoms with Crippen molar-refractivity contribution in [3.8, 4) is 0 Å². The molecule has 0 fully saturated rings. The first-order valence-corrected chi connectivity index (χ1v) is 5.39. The molecule has 0 aliphatic carbocycles. The molecule has 0 spiro atoms. The van der Waals surface area contributed by atoms with Crippen molar-refractivity contribution in [1.82, 2.24) is 0 Å². The van der Waals surface area contributed by atoms with Crippen molar-refractivity contribution in [2.24, 2.45) is 9.98 Å². The number of nitrogens with zero attached hydrogens (tertiary/aromatic N) is 2. The topological polar surface area (TPSA) is 68.1 Å². The highest BCUT2D eigenvalue weighted by Crippen LogP contribution is 1.99. The van der Waals surface area contributed by atoms with Gasteiger partial charge in [-0.15, -0.1) is 0 Å². The number of rotatable bonds is 2. The number of hydrogen-bond acceptors (Lipinski definition) is 4. The van der Waals surface area contributed by atoms with E-state index in [1.807, 2.05) is 0 Å². The predicted octanol–water partition coefficient (Wildman–Crippen LogP) is 0.0312. The average molecular weight is 232 g/mol. The van der Waals surface area contributed by atoms with Crippen molar-refractivity contribution in [2.75, 3.05) is 6.61 Å². The molecule has 1 heterocycles. The Balaban J connectivity index is 2.49. The number of ether oxygens (including phenoxy) is 1. The van der Waals surface area contributed by atoms with Gasteiger partial charge < -0.3 is 4.74 Å². The predicted molar refractivity (Wildman–Crippen MR) is 59.2 cm³/mol. The van der Waals surface area contributed by atoms with Crippen LogP contribution in [0, 0.1) is 0 Å². The monoisotopic (exact) mass is 232 g/mol. The van der Waals surface area contributed by atoms with Gasteiger partial charge in [-0.3, -0.25) is 9.79 Å². The minimum absolute atomic E-state index is 0.293.